The van der Waals surface area contributed by atoms with Gasteiger partial charge in [0.15, 0.2) is 71.5 Å². The fraction of sp³-hybridized carbons (Fsp3) is 0.400. The average molecular weight is 1030 g/mol. The Kier molecular flexibility index (Phi) is 16.0. The summed E-state index contributed by atoms with van der Waals surface area (Å²) >= 11 is 0. The lowest BCUT2D eigenvalue weighted by atomic mass is 9.95. The van der Waals surface area contributed by atoms with E-state index in [4.69, 9.17) is 51.8 Å². The second kappa shape index (κ2) is 21.8. The first-order valence-electron chi connectivity index (χ1n) is 21.3. The van der Waals surface area contributed by atoms with Gasteiger partial charge in [-0.15, -0.1) is 0 Å². The van der Waals surface area contributed by atoms with Crippen molar-refractivity contribution in [3.05, 3.63) is 70.4 Å². The summed E-state index contributed by atoms with van der Waals surface area (Å²) in [5, 5.41) is 127. The van der Waals surface area contributed by atoms with Crippen molar-refractivity contribution >= 4 is 40.9 Å². The Morgan fingerprint density at radius 3 is 1.74 bits per heavy atom. The second-order valence-corrected chi connectivity index (χ2v) is 16.2. The van der Waals surface area contributed by atoms with E-state index in [1.165, 1.54) is 51.7 Å². The van der Waals surface area contributed by atoms with E-state index in [-0.39, 0.29) is 39.9 Å². The number of esters is 1. The molecular formula is C45H46O28. The van der Waals surface area contributed by atoms with Crippen molar-refractivity contribution in [3.63, 3.8) is 0 Å². The van der Waals surface area contributed by atoms with E-state index in [1.54, 1.807) is 0 Å². The highest BCUT2D eigenvalue weighted by Crippen LogP contribution is 2.42. The molecule has 28 heteroatoms. The molecule has 3 aliphatic heterocycles. The Balaban J connectivity index is 1.32. The lowest BCUT2D eigenvalue weighted by molar-refractivity contribution is -0.377. The van der Waals surface area contributed by atoms with E-state index in [9.17, 15) is 85.3 Å². The van der Waals surface area contributed by atoms with Gasteiger partial charge in [-0.05, 0) is 35.9 Å². The highest BCUT2D eigenvalue weighted by Gasteiger charge is 2.58. The van der Waals surface area contributed by atoms with Crippen molar-refractivity contribution in [2.75, 3.05) is 21.3 Å². The minimum atomic E-state index is -2.55. The molecule has 0 saturated carbocycles. The lowest BCUT2D eigenvalue weighted by Crippen LogP contribution is -2.68. The molecule has 7 rings (SSSR count). The van der Waals surface area contributed by atoms with Crippen molar-refractivity contribution < 1.29 is 132 Å². The van der Waals surface area contributed by atoms with Crippen LogP contribution in [0.4, 0.5) is 0 Å². The number of ether oxygens (including phenoxy) is 10. The van der Waals surface area contributed by atoms with Crippen molar-refractivity contribution in [3.8, 4) is 51.6 Å². The van der Waals surface area contributed by atoms with Gasteiger partial charge < -0.3 is 113 Å². The fourth-order valence-corrected chi connectivity index (χ4v) is 7.93. The quantitative estimate of drug-likeness (QED) is 0.0425. The van der Waals surface area contributed by atoms with Gasteiger partial charge in [0.1, 0.15) is 71.0 Å². The summed E-state index contributed by atoms with van der Waals surface area (Å²) < 4.78 is 60.9. The highest BCUT2D eigenvalue weighted by molar-refractivity contribution is 5.88. The predicted octanol–water partition coefficient (Wildman–Crippen LogP) is -2.03. The average Bonchev–Trinajstić information content (AvgIpc) is 3.34. The van der Waals surface area contributed by atoms with Crippen molar-refractivity contribution in [2.24, 2.45) is 0 Å². The van der Waals surface area contributed by atoms with Crippen LogP contribution in [-0.2, 0) is 47.6 Å². The van der Waals surface area contributed by atoms with E-state index >= 15 is 0 Å². The number of carbonyl (C=O) groups excluding carboxylic acids is 1. The molecule has 0 radical (unpaired) electrons. The molecule has 4 aromatic rings. The molecule has 4 heterocycles. The van der Waals surface area contributed by atoms with E-state index in [0.29, 0.717) is 0 Å². The number of aliphatic hydroxyl groups is 6. The SMILES string of the molecule is COc1cc(C=CC(=O)OC2C(OC3C(Oc4cc(O)c5c(=O)cc(-c6cc(OC)c(O)c(OC)c6)oc5c4)OC(C(=O)O)C(O)C3OC3OC(C(=O)O)C(O)C(O)C3O)OC(C(=O)O)C(O)C2O)ccc1O. The van der Waals surface area contributed by atoms with Gasteiger partial charge in [-0.25, -0.2) is 19.2 Å². The number of fused-ring (bicyclic) bond motifs is 1. The number of carboxylic acids is 3. The number of carbonyl (C=O) groups is 4. The maximum atomic E-state index is 13.5. The van der Waals surface area contributed by atoms with Crippen LogP contribution in [0, 0.1) is 0 Å². The third kappa shape index (κ3) is 10.9. The number of hydrogen-bond donors (Lipinski definition) is 12. The maximum Gasteiger partial charge on any atom is 0.335 e. The first-order valence-corrected chi connectivity index (χ1v) is 21.3. The Morgan fingerprint density at radius 2 is 1.14 bits per heavy atom. The van der Waals surface area contributed by atoms with Crippen molar-refractivity contribution in [1.82, 2.24) is 0 Å². The minimum Gasteiger partial charge on any atom is -0.507 e. The highest BCUT2D eigenvalue weighted by atomic mass is 16.8. The Bertz CT molecular complexity index is 2780. The number of aromatic hydroxyl groups is 3. The molecule has 394 valence electrons. The molecule has 3 aromatic carbocycles. The van der Waals surface area contributed by atoms with Crippen LogP contribution >= 0.6 is 0 Å². The topological polar surface area (TPSA) is 434 Å². The van der Waals surface area contributed by atoms with Crippen LogP contribution in [-0.4, -0.2) is 199 Å². The summed E-state index contributed by atoms with van der Waals surface area (Å²) in [6.07, 6.45) is -34.0. The van der Waals surface area contributed by atoms with Gasteiger partial charge in [0.2, 0.25) is 12.0 Å². The Morgan fingerprint density at radius 1 is 0.575 bits per heavy atom. The smallest absolute Gasteiger partial charge is 0.335 e. The van der Waals surface area contributed by atoms with Crippen LogP contribution in [0.25, 0.3) is 28.4 Å². The summed E-state index contributed by atoms with van der Waals surface area (Å²) in [4.78, 5) is 63.9. The number of rotatable bonds is 16. The number of phenols is 3. The van der Waals surface area contributed by atoms with Crippen LogP contribution < -0.4 is 24.4 Å². The maximum absolute atomic E-state index is 13.5. The molecule has 3 fully saturated rings. The predicted molar refractivity (Wildman–Crippen MR) is 233 cm³/mol. The summed E-state index contributed by atoms with van der Waals surface area (Å²) in [5.41, 5.74) is -0.936. The zero-order valence-corrected chi connectivity index (χ0v) is 37.8. The molecule has 73 heavy (non-hydrogen) atoms. The normalized spacial score (nSPS) is 30.3. The van der Waals surface area contributed by atoms with Crippen molar-refractivity contribution in [2.45, 2.75) is 92.1 Å². The molecule has 12 N–H and O–H groups in total. The standard InChI is InChI=1S/C45H46O28/c1-63-21-8-14(4-6-17(21)46)5-7-25(49)68-38-31(54)30(53)36(41(59)60)71-44(38)73-39-34(69-43-32(55)28(51)29(52)35(70-43)40(57)58)33(56)37(42(61)62)72-45(39)66-16-11-18(47)26-19(48)13-20(67-22(26)12-16)15-9-23(64-2)27(50)24(10-15)65-3/h4-13,28-39,43-47,50-56H,1-3H3,(H,57,58)(H,59,60)(H,61,62). The molecule has 3 aliphatic rings. The largest absolute Gasteiger partial charge is 0.507 e. The van der Waals surface area contributed by atoms with Crippen LogP contribution in [0.3, 0.4) is 0 Å². The summed E-state index contributed by atoms with van der Waals surface area (Å²) in [6, 6.07) is 9.16. The van der Waals surface area contributed by atoms with Gasteiger partial charge in [0.25, 0.3) is 0 Å². The van der Waals surface area contributed by atoms with E-state index in [0.717, 1.165) is 30.4 Å². The Labute approximate surface area is 408 Å². The number of carboxylic acid groups (broad SMARTS) is 3. The van der Waals surface area contributed by atoms with Gasteiger partial charge in [-0.2, -0.15) is 0 Å². The molecule has 0 spiro atoms. The second-order valence-electron chi connectivity index (χ2n) is 16.2. The lowest BCUT2D eigenvalue weighted by Gasteiger charge is -2.48. The summed E-state index contributed by atoms with van der Waals surface area (Å²) in [6.45, 7) is 0. The number of phenolic OH excluding ortho intramolecular Hbond substituents is 3. The third-order valence-corrected chi connectivity index (χ3v) is 11.6. The number of benzene rings is 3. The van der Waals surface area contributed by atoms with Gasteiger partial charge in [0.05, 0.1) is 21.3 Å². The number of aliphatic hydroxyl groups excluding tert-OH is 6. The van der Waals surface area contributed by atoms with Crippen LogP contribution in [0.15, 0.2) is 63.8 Å². The van der Waals surface area contributed by atoms with Gasteiger partial charge >= 0.3 is 23.9 Å². The van der Waals surface area contributed by atoms with Gasteiger partial charge in [-0.3, -0.25) is 4.79 Å². The molecule has 3 saturated heterocycles. The molecule has 1 aromatic heterocycles. The third-order valence-electron chi connectivity index (χ3n) is 11.6. The molecule has 28 nitrogen and oxygen atoms in total. The molecule has 0 aliphatic carbocycles. The number of aliphatic carboxylic acids is 3. The first-order chi connectivity index (χ1) is 34.6. The van der Waals surface area contributed by atoms with E-state index in [1.807, 2.05) is 0 Å². The van der Waals surface area contributed by atoms with Gasteiger partial charge in [-0.1, -0.05) is 6.07 Å². The molecule has 0 bridgehead atoms. The molecular weight excluding hydrogens is 988 g/mol. The number of methoxy groups -OCH3 is 3. The van der Waals surface area contributed by atoms with Crippen molar-refractivity contribution in [1.29, 1.82) is 0 Å². The van der Waals surface area contributed by atoms with E-state index in [2.05, 4.69) is 0 Å². The zero-order valence-electron chi connectivity index (χ0n) is 37.8. The first kappa shape index (κ1) is 53.4. The monoisotopic (exact) mass is 1030 g/mol. The summed E-state index contributed by atoms with van der Waals surface area (Å²) in [5.74, 6) is -9.63. The minimum absolute atomic E-state index is 0.00169. The fourth-order valence-electron chi connectivity index (χ4n) is 7.93. The zero-order chi connectivity index (χ0) is 53.3. The van der Waals surface area contributed by atoms with Gasteiger partial charge in [0, 0.05) is 29.8 Å². The Hall–Kier alpha value is -7.35. The van der Waals surface area contributed by atoms with Crippen LogP contribution in [0.5, 0.6) is 40.2 Å². The molecule has 15 atom stereocenters. The molecule has 0 amide bonds. The number of hydrogen-bond acceptors (Lipinski definition) is 25. The van der Waals surface area contributed by atoms with E-state index < -0.39 is 150 Å². The van der Waals surface area contributed by atoms with Crippen LogP contribution in [0.1, 0.15) is 5.56 Å². The summed E-state index contributed by atoms with van der Waals surface area (Å²) in [7, 11) is 3.71. The molecule has 15 unspecified atom stereocenters. The van der Waals surface area contributed by atoms with Crippen LogP contribution in [0.2, 0.25) is 0 Å².